The van der Waals surface area contributed by atoms with E-state index in [1.165, 1.54) is 6.08 Å². The molecular weight excluding hydrogens is 73.0 g/mol. The van der Waals surface area contributed by atoms with Crippen LogP contribution in [0.4, 0.5) is 0 Å². The summed E-state index contributed by atoms with van der Waals surface area (Å²) in [4.78, 5) is 12.3. The van der Waals surface area contributed by atoms with Crippen LogP contribution in [0.1, 0.15) is 6.92 Å². The van der Waals surface area contributed by atoms with Crippen LogP contribution in [-0.4, -0.2) is 31.5 Å². The zero-order valence-corrected chi connectivity index (χ0v) is 3.06. The van der Waals surface area contributed by atoms with Gasteiger partial charge in [-0.05, 0) is 6.92 Å². The third-order valence-electron chi connectivity index (χ3n) is 0.223. The van der Waals surface area contributed by atoms with Crippen LogP contribution in [0, 0.1) is 0 Å². The van der Waals surface area contributed by atoms with Crippen LogP contribution in [0.15, 0.2) is 4.99 Å². The molecule has 0 unspecified atom stereocenters. The Bertz CT molecular complexity index is 57.8. The quantitative estimate of drug-likeness (QED) is 0.241. The van der Waals surface area contributed by atoms with Gasteiger partial charge in [0.25, 0.3) is 0 Å². The summed E-state index contributed by atoms with van der Waals surface area (Å²) in [6.45, 7) is 2.33. The zero-order chi connectivity index (χ0) is 4.12. The van der Waals surface area contributed by atoms with E-state index in [1.54, 1.807) is 6.92 Å². The molecular formula is C3H6LiNO. The molecule has 0 N–H and O–H groups in total. The van der Waals surface area contributed by atoms with Gasteiger partial charge in [-0.15, -0.1) is 0 Å². The van der Waals surface area contributed by atoms with Crippen LogP contribution in [0.5, 0.6) is 0 Å². The van der Waals surface area contributed by atoms with E-state index in [9.17, 15) is 0 Å². The van der Waals surface area contributed by atoms with E-state index in [0.717, 1.165) is 0 Å². The maximum absolute atomic E-state index is 9.11. The molecule has 0 aromatic heterocycles. The van der Waals surface area contributed by atoms with Crippen molar-refractivity contribution in [2.75, 3.05) is 6.54 Å². The Balaban J connectivity index is 0. The SMILES string of the molecule is CCN=C=O.[LiH]. The Morgan fingerprint density at radius 2 is 2.33 bits per heavy atom. The Morgan fingerprint density at radius 1 is 1.83 bits per heavy atom. The first-order valence-electron chi connectivity index (χ1n) is 1.45. The normalized spacial score (nSPS) is 4.83. The van der Waals surface area contributed by atoms with Crippen LogP contribution in [0.25, 0.3) is 0 Å². The Labute approximate surface area is 48.8 Å². The van der Waals surface area contributed by atoms with Crippen molar-refractivity contribution in [2.24, 2.45) is 4.99 Å². The molecule has 2 nitrogen and oxygen atoms in total. The summed E-state index contributed by atoms with van der Waals surface area (Å²) in [6.07, 6.45) is 1.39. The molecule has 0 spiro atoms. The molecule has 0 heterocycles. The average molecular weight is 79.0 g/mol. The van der Waals surface area contributed by atoms with Crippen molar-refractivity contribution in [1.29, 1.82) is 0 Å². The van der Waals surface area contributed by atoms with Crippen molar-refractivity contribution >= 4 is 24.9 Å². The summed E-state index contributed by atoms with van der Waals surface area (Å²) >= 11 is 0. The molecule has 3 heteroatoms. The van der Waals surface area contributed by atoms with E-state index in [-0.39, 0.29) is 18.9 Å². The Hall–Kier alpha value is -0.0226. The van der Waals surface area contributed by atoms with Crippen LogP contribution >= 0.6 is 0 Å². The van der Waals surface area contributed by atoms with Crippen molar-refractivity contribution in [2.45, 2.75) is 6.92 Å². The van der Waals surface area contributed by atoms with Crippen molar-refractivity contribution < 1.29 is 4.79 Å². The average Bonchev–Trinajstić information content (AvgIpc) is 1.41. The first-order chi connectivity index (χ1) is 2.41. The third kappa shape index (κ3) is 9.02. The molecule has 0 radical (unpaired) electrons. The van der Waals surface area contributed by atoms with Crippen LogP contribution in [0.2, 0.25) is 0 Å². The molecule has 0 aliphatic rings. The number of rotatable bonds is 1. The third-order valence-corrected chi connectivity index (χ3v) is 0.223. The summed E-state index contributed by atoms with van der Waals surface area (Å²) in [5.74, 6) is 0. The van der Waals surface area contributed by atoms with E-state index in [4.69, 9.17) is 4.79 Å². The number of isocyanates is 1. The van der Waals surface area contributed by atoms with Gasteiger partial charge in [-0.1, -0.05) is 0 Å². The second kappa shape index (κ2) is 8.88. The van der Waals surface area contributed by atoms with Crippen LogP contribution in [-0.2, 0) is 4.79 Å². The topological polar surface area (TPSA) is 29.4 Å². The monoisotopic (exact) mass is 79.1 g/mol. The summed E-state index contributed by atoms with van der Waals surface area (Å²) in [5.41, 5.74) is 0. The van der Waals surface area contributed by atoms with E-state index in [1.807, 2.05) is 0 Å². The number of nitrogens with zero attached hydrogens (tertiary/aromatic N) is 1. The first kappa shape index (κ1) is 9.36. The van der Waals surface area contributed by atoms with Crippen molar-refractivity contribution in [1.82, 2.24) is 0 Å². The molecule has 0 atom stereocenters. The fraction of sp³-hybridized carbons (Fsp3) is 0.667. The molecule has 0 aliphatic carbocycles. The van der Waals surface area contributed by atoms with Gasteiger partial charge in [-0.25, -0.2) is 9.79 Å². The molecule has 0 aliphatic heterocycles. The fourth-order valence-electron chi connectivity index (χ4n) is 0.0645. The van der Waals surface area contributed by atoms with Crippen molar-refractivity contribution in [3.63, 3.8) is 0 Å². The van der Waals surface area contributed by atoms with Gasteiger partial charge < -0.3 is 0 Å². The molecule has 0 bridgehead atoms. The second-order valence-electron chi connectivity index (χ2n) is 0.566. The van der Waals surface area contributed by atoms with Gasteiger partial charge in [0.15, 0.2) is 0 Å². The molecule has 0 saturated carbocycles. The van der Waals surface area contributed by atoms with Gasteiger partial charge in [0.2, 0.25) is 6.08 Å². The van der Waals surface area contributed by atoms with Gasteiger partial charge in [-0.3, -0.25) is 0 Å². The number of hydrogen-bond acceptors (Lipinski definition) is 2. The molecule has 0 saturated heterocycles. The molecule has 30 valence electrons. The Kier molecular flexibility index (Phi) is 13.9. The molecule has 0 rings (SSSR count). The van der Waals surface area contributed by atoms with E-state index < -0.39 is 0 Å². The van der Waals surface area contributed by atoms with Crippen molar-refractivity contribution in [3.8, 4) is 0 Å². The van der Waals surface area contributed by atoms with Gasteiger partial charge in [0.1, 0.15) is 0 Å². The minimum absolute atomic E-state index is 0. The summed E-state index contributed by atoms with van der Waals surface area (Å²) in [7, 11) is 0. The molecule has 6 heavy (non-hydrogen) atoms. The standard InChI is InChI=1S/C3H5NO.Li.H/c1-2-4-3-5;;/h2H2,1H3;;. The van der Waals surface area contributed by atoms with Gasteiger partial charge >= 0.3 is 18.9 Å². The first-order valence-corrected chi connectivity index (χ1v) is 1.45. The fourth-order valence-corrected chi connectivity index (χ4v) is 0.0645. The van der Waals surface area contributed by atoms with Gasteiger partial charge in [-0.2, -0.15) is 0 Å². The molecule has 0 aromatic carbocycles. The summed E-state index contributed by atoms with van der Waals surface area (Å²) in [6, 6.07) is 0. The van der Waals surface area contributed by atoms with Crippen LogP contribution < -0.4 is 0 Å². The molecule has 0 amide bonds. The molecule has 0 aromatic rings. The second-order valence-corrected chi connectivity index (χ2v) is 0.566. The van der Waals surface area contributed by atoms with Crippen LogP contribution in [0.3, 0.4) is 0 Å². The zero-order valence-electron chi connectivity index (χ0n) is 3.06. The minimum atomic E-state index is 0. The number of aliphatic imine (C=N–C) groups is 1. The van der Waals surface area contributed by atoms with Crippen molar-refractivity contribution in [3.05, 3.63) is 0 Å². The predicted octanol–water partition coefficient (Wildman–Crippen LogP) is -0.306. The van der Waals surface area contributed by atoms with E-state index >= 15 is 0 Å². The predicted molar refractivity (Wildman–Crippen MR) is 25.8 cm³/mol. The number of hydrogen-bond donors (Lipinski definition) is 0. The van der Waals surface area contributed by atoms with Gasteiger partial charge in [0.05, 0.1) is 0 Å². The van der Waals surface area contributed by atoms with E-state index in [2.05, 4.69) is 4.99 Å². The Morgan fingerprint density at radius 3 is 2.33 bits per heavy atom. The maximum atomic E-state index is 9.11. The number of carbonyl (C=O) groups excluding carboxylic acids is 1. The summed E-state index contributed by atoms with van der Waals surface area (Å²) < 4.78 is 0. The van der Waals surface area contributed by atoms with E-state index in [0.29, 0.717) is 6.54 Å². The summed E-state index contributed by atoms with van der Waals surface area (Å²) in [5, 5.41) is 0. The van der Waals surface area contributed by atoms with Gasteiger partial charge in [0, 0.05) is 6.54 Å². The molecule has 0 fully saturated rings.